The van der Waals surface area contributed by atoms with Crippen LogP contribution in [0, 0.1) is 11.8 Å². The topological polar surface area (TPSA) is 51.2 Å². The van der Waals surface area contributed by atoms with Gasteiger partial charge in [0.2, 0.25) is 0 Å². The zero-order chi connectivity index (χ0) is 15.2. The molecule has 4 nitrogen and oxygen atoms in total. The monoisotopic (exact) mass is 314 g/mol. The molecule has 0 bridgehead atoms. The second kappa shape index (κ2) is 7.37. The van der Waals surface area contributed by atoms with Crippen molar-refractivity contribution < 1.29 is 9.53 Å². The molecule has 1 aromatic heterocycles. The van der Waals surface area contributed by atoms with E-state index in [1.54, 1.807) is 26.8 Å². The number of carbonyl (C=O) groups is 1. The normalized spacial score (nSPS) is 10.4. The fraction of sp³-hybridized carbons (Fsp3) is 0.429. The highest BCUT2D eigenvalue weighted by molar-refractivity contribution is 6.32. The van der Waals surface area contributed by atoms with Crippen LogP contribution in [0.15, 0.2) is 12.3 Å². The van der Waals surface area contributed by atoms with E-state index in [0.717, 1.165) is 0 Å². The SMILES string of the molecule is CC(C)(C)OC(=O)NCCC#Cc1cc(Cl)cnc1Cl. The molecule has 0 saturated heterocycles. The van der Waals surface area contributed by atoms with E-state index >= 15 is 0 Å². The zero-order valence-corrected chi connectivity index (χ0v) is 13.1. The molecule has 6 heteroatoms. The number of pyridine rings is 1. The molecule has 1 rings (SSSR count). The highest BCUT2D eigenvalue weighted by Crippen LogP contribution is 2.16. The van der Waals surface area contributed by atoms with E-state index in [4.69, 9.17) is 27.9 Å². The van der Waals surface area contributed by atoms with Crippen LogP contribution >= 0.6 is 23.2 Å². The van der Waals surface area contributed by atoms with Gasteiger partial charge < -0.3 is 10.1 Å². The van der Waals surface area contributed by atoms with Gasteiger partial charge in [0.15, 0.2) is 0 Å². The van der Waals surface area contributed by atoms with Crippen LogP contribution in [0.2, 0.25) is 10.2 Å². The molecule has 0 saturated carbocycles. The van der Waals surface area contributed by atoms with Gasteiger partial charge in [-0.05, 0) is 26.8 Å². The molecule has 0 aromatic carbocycles. The van der Waals surface area contributed by atoms with Crippen molar-refractivity contribution in [2.75, 3.05) is 6.54 Å². The number of nitrogens with one attached hydrogen (secondary N) is 1. The maximum absolute atomic E-state index is 11.4. The fourth-order valence-electron chi connectivity index (χ4n) is 1.21. The highest BCUT2D eigenvalue weighted by atomic mass is 35.5. The van der Waals surface area contributed by atoms with Crippen molar-refractivity contribution in [1.82, 2.24) is 10.3 Å². The first-order chi connectivity index (χ1) is 9.28. The van der Waals surface area contributed by atoms with Gasteiger partial charge in [0, 0.05) is 19.2 Å². The summed E-state index contributed by atoms with van der Waals surface area (Å²) in [5, 5.41) is 3.40. The molecule has 1 N–H and O–H groups in total. The molecule has 20 heavy (non-hydrogen) atoms. The third-order valence-electron chi connectivity index (χ3n) is 1.95. The molecule has 0 aliphatic heterocycles. The van der Waals surface area contributed by atoms with Crippen LogP contribution < -0.4 is 5.32 Å². The number of ether oxygens (including phenoxy) is 1. The number of carbonyl (C=O) groups excluding carboxylic acids is 1. The van der Waals surface area contributed by atoms with Crippen molar-refractivity contribution in [2.24, 2.45) is 0 Å². The highest BCUT2D eigenvalue weighted by Gasteiger charge is 2.15. The quantitative estimate of drug-likeness (QED) is 0.515. The Kier molecular flexibility index (Phi) is 6.12. The lowest BCUT2D eigenvalue weighted by Crippen LogP contribution is -2.32. The average molecular weight is 315 g/mol. The molecule has 0 spiro atoms. The Hall–Kier alpha value is -1.44. The molecule has 0 fully saturated rings. The molecule has 0 unspecified atom stereocenters. The molecule has 0 atom stereocenters. The Bertz CT molecular complexity index is 542. The minimum atomic E-state index is -0.504. The zero-order valence-electron chi connectivity index (χ0n) is 11.6. The molecule has 1 heterocycles. The number of nitrogens with zero attached hydrogens (tertiary/aromatic N) is 1. The first-order valence-corrected chi connectivity index (χ1v) is 6.80. The van der Waals surface area contributed by atoms with Gasteiger partial charge in [0.25, 0.3) is 0 Å². The maximum atomic E-state index is 11.4. The molecule has 0 aliphatic rings. The molecular weight excluding hydrogens is 299 g/mol. The van der Waals surface area contributed by atoms with Crippen molar-refractivity contribution >= 4 is 29.3 Å². The van der Waals surface area contributed by atoms with E-state index in [-0.39, 0.29) is 0 Å². The summed E-state index contributed by atoms with van der Waals surface area (Å²) in [6.07, 6.45) is 1.48. The largest absolute Gasteiger partial charge is 0.444 e. The summed E-state index contributed by atoms with van der Waals surface area (Å²) in [6.45, 7) is 5.81. The standard InChI is InChI=1S/C14H16Cl2N2O2/c1-14(2,3)20-13(19)17-7-5-4-6-10-8-11(15)9-18-12(10)16/h8-9H,5,7H2,1-3H3,(H,17,19). The Morgan fingerprint density at radius 1 is 1.45 bits per heavy atom. The van der Waals surface area contributed by atoms with Crippen molar-refractivity contribution in [3.05, 3.63) is 28.0 Å². The number of hydrogen-bond donors (Lipinski definition) is 1. The van der Waals surface area contributed by atoms with Crippen LogP contribution in [0.25, 0.3) is 0 Å². The summed E-state index contributed by atoms with van der Waals surface area (Å²) in [7, 11) is 0. The van der Waals surface area contributed by atoms with Crippen LogP contribution in [0.3, 0.4) is 0 Å². The molecule has 1 amide bonds. The van der Waals surface area contributed by atoms with Gasteiger partial charge in [-0.25, -0.2) is 9.78 Å². The first kappa shape index (κ1) is 16.6. The fourth-order valence-corrected chi connectivity index (χ4v) is 1.52. The van der Waals surface area contributed by atoms with Crippen LogP contribution in [0.1, 0.15) is 32.8 Å². The lowest BCUT2D eigenvalue weighted by Gasteiger charge is -2.19. The Morgan fingerprint density at radius 2 is 2.15 bits per heavy atom. The third-order valence-corrected chi connectivity index (χ3v) is 2.45. The third kappa shape index (κ3) is 6.65. The van der Waals surface area contributed by atoms with Crippen LogP contribution in [0.4, 0.5) is 4.79 Å². The van der Waals surface area contributed by atoms with E-state index in [0.29, 0.717) is 28.7 Å². The molecule has 1 aromatic rings. The predicted octanol–water partition coefficient (Wildman–Crippen LogP) is 3.65. The second-order valence-corrected chi connectivity index (χ2v) is 5.77. The smallest absolute Gasteiger partial charge is 0.407 e. The minimum Gasteiger partial charge on any atom is -0.444 e. The van der Waals surface area contributed by atoms with Crippen molar-refractivity contribution in [3.63, 3.8) is 0 Å². The summed E-state index contributed by atoms with van der Waals surface area (Å²) in [5.41, 5.74) is 0.0619. The number of aromatic nitrogens is 1. The van der Waals surface area contributed by atoms with E-state index < -0.39 is 11.7 Å². The van der Waals surface area contributed by atoms with Gasteiger partial charge in [-0.3, -0.25) is 0 Å². The maximum Gasteiger partial charge on any atom is 0.407 e. The summed E-state index contributed by atoms with van der Waals surface area (Å²) >= 11 is 11.7. The van der Waals surface area contributed by atoms with Crippen LogP contribution in [-0.2, 0) is 4.74 Å². The number of rotatable bonds is 2. The van der Waals surface area contributed by atoms with E-state index in [1.165, 1.54) is 6.20 Å². The minimum absolute atomic E-state index is 0.307. The second-order valence-electron chi connectivity index (χ2n) is 4.97. The van der Waals surface area contributed by atoms with Crippen molar-refractivity contribution in [3.8, 4) is 11.8 Å². The van der Waals surface area contributed by atoms with E-state index in [1.807, 2.05) is 0 Å². The van der Waals surface area contributed by atoms with Gasteiger partial charge in [-0.15, -0.1) is 0 Å². The molecule has 108 valence electrons. The predicted molar refractivity (Wildman–Crippen MR) is 80.0 cm³/mol. The van der Waals surface area contributed by atoms with Crippen molar-refractivity contribution in [2.45, 2.75) is 32.8 Å². The summed E-state index contributed by atoms with van der Waals surface area (Å²) in [6, 6.07) is 1.64. The number of alkyl carbamates (subject to hydrolysis) is 1. The van der Waals surface area contributed by atoms with Gasteiger partial charge in [-0.2, -0.15) is 0 Å². The summed E-state index contributed by atoms with van der Waals surface area (Å²) in [5.74, 6) is 5.74. The number of halogens is 2. The lowest BCUT2D eigenvalue weighted by atomic mass is 10.2. The summed E-state index contributed by atoms with van der Waals surface area (Å²) < 4.78 is 5.09. The van der Waals surface area contributed by atoms with E-state index in [9.17, 15) is 4.79 Å². The summed E-state index contributed by atoms with van der Waals surface area (Å²) in [4.78, 5) is 15.2. The average Bonchev–Trinajstić information content (AvgIpc) is 2.30. The lowest BCUT2D eigenvalue weighted by molar-refractivity contribution is 0.0529. The first-order valence-electron chi connectivity index (χ1n) is 6.05. The van der Waals surface area contributed by atoms with Gasteiger partial charge >= 0.3 is 6.09 Å². The van der Waals surface area contributed by atoms with Gasteiger partial charge in [0.05, 0.1) is 10.6 Å². The molecule has 0 radical (unpaired) electrons. The van der Waals surface area contributed by atoms with Gasteiger partial charge in [0.1, 0.15) is 10.8 Å². The Balaban J connectivity index is 2.40. The number of hydrogen-bond acceptors (Lipinski definition) is 3. The number of amides is 1. The molecule has 0 aliphatic carbocycles. The van der Waals surface area contributed by atoms with Gasteiger partial charge in [-0.1, -0.05) is 35.0 Å². The molecular formula is C14H16Cl2N2O2. The Morgan fingerprint density at radius 3 is 2.80 bits per heavy atom. The van der Waals surface area contributed by atoms with Crippen LogP contribution in [-0.4, -0.2) is 23.2 Å². The van der Waals surface area contributed by atoms with Crippen molar-refractivity contribution in [1.29, 1.82) is 0 Å². The van der Waals surface area contributed by atoms with Crippen LogP contribution in [0.5, 0.6) is 0 Å². The Labute approximate surface area is 128 Å². The van der Waals surface area contributed by atoms with E-state index in [2.05, 4.69) is 22.1 Å².